The van der Waals surface area contributed by atoms with Crippen LogP contribution in [0.25, 0.3) is 5.82 Å². The van der Waals surface area contributed by atoms with Gasteiger partial charge in [-0.15, -0.1) is 0 Å². The van der Waals surface area contributed by atoms with Crippen LogP contribution >= 0.6 is 0 Å². The summed E-state index contributed by atoms with van der Waals surface area (Å²) in [7, 11) is 0. The van der Waals surface area contributed by atoms with Gasteiger partial charge in [0.15, 0.2) is 5.82 Å². The van der Waals surface area contributed by atoms with Gasteiger partial charge in [-0.1, -0.05) is 26.8 Å². The highest BCUT2D eigenvalue weighted by Crippen LogP contribution is 2.16. The van der Waals surface area contributed by atoms with Gasteiger partial charge in [-0.25, -0.2) is 9.67 Å². The zero-order valence-corrected chi connectivity index (χ0v) is 12.8. The van der Waals surface area contributed by atoms with E-state index in [-0.39, 0.29) is 6.04 Å². The minimum Gasteiger partial charge on any atom is -0.327 e. The van der Waals surface area contributed by atoms with E-state index in [0.29, 0.717) is 5.92 Å². The second-order valence-corrected chi connectivity index (χ2v) is 5.70. The molecule has 0 aliphatic rings. The minimum absolute atomic E-state index is 0.208. The van der Waals surface area contributed by atoms with E-state index in [1.54, 1.807) is 0 Å². The summed E-state index contributed by atoms with van der Waals surface area (Å²) in [4.78, 5) is 4.55. The third-order valence-corrected chi connectivity index (χ3v) is 3.55. The zero-order valence-electron chi connectivity index (χ0n) is 12.8. The van der Waals surface area contributed by atoms with Crippen LogP contribution in [0.15, 0.2) is 24.5 Å². The molecule has 0 aliphatic carbocycles. The van der Waals surface area contributed by atoms with E-state index >= 15 is 0 Å². The monoisotopic (exact) mass is 272 g/mol. The van der Waals surface area contributed by atoms with Crippen LogP contribution in [0.4, 0.5) is 0 Å². The second kappa shape index (κ2) is 6.18. The molecule has 0 amide bonds. The molecule has 0 saturated heterocycles. The first kappa shape index (κ1) is 14.7. The summed E-state index contributed by atoms with van der Waals surface area (Å²) in [6.07, 6.45) is 5.75. The van der Waals surface area contributed by atoms with Crippen LogP contribution in [0, 0.1) is 6.92 Å². The number of pyridine rings is 1. The van der Waals surface area contributed by atoms with Crippen molar-refractivity contribution in [3.63, 3.8) is 0 Å². The Morgan fingerprint density at radius 3 is 2.65 bits per heavy atom. The summed E-state index contributed by atoms with van der Waals surface area (Å²) < 4.78 is 1.86. The largest absolute Gasteiger partial charge is 0.327 e. The lowest BCUT2D eigenvalue weighted by Crippen LogP contribution is -2.21. The number of aromatic nitrogens is 3. The normalized spacial score (nSPS) is 12.9. The smallest absolute Gasteiger partial charge is 0.156 e. The summed E-state index contributed by atoms with van der Waals surface area (Å²) in [5, 5.41) is 4.58. The molecule has 0 bridgehead atoms. The molecule has 2 aromatic heterocycles. The average Bonchev–Trinajstić information content (AvgIpc) is 2.88. The maximum atomic E-state index is 6.00. The van der Waals surface area contributed by atoms with Crippen LogP contribution in [0.3, 0.4) is 0 Å². The molecule has 4 heteroatoms. The molecular weight excluding hydrogens is 248 g/mol. The van der Waals surface area contributed by atoms with Gasteiger partial charge in [-0.05, 0) is 42.9 Å². The van der Waals surface area contributed by atoms with Crippen molar-refractivity contribution in [3.8, 4) is 5.82 Å². The molecule has 2 aromatic rings. The van der Waals surface area contributed by atoms with Crippen LogP contribution in [0.1, 0.15) is 49.9 Å². The molecule has 20 heavy (non-hydrogen) atoms. The van der Waals surface area contributed by atoms with Crippen LogP contribution in [0.5, 0.6) is 0 Å². The van der Waals surface area contributed by atoms with Gasteiger partial charge >= 0.3 is 0 Å². The van der Waals surface area contributed by atoms with Crippen LogP contribution < -0.4 is 5.73 Å². The summed E-state index contributed by atoms with van der Waals surface area (Å²) in [6, 6.07) is 4.42. The number of hydrogen-bond acceptors (Lipinski definition) is 3. The molecule has 0 aromatic carbocycles. The number of nitrogens with two attached hydrogens (primary N) is 1. The fourth-order valence-electron chi connectivity index (χ4n) is 2.19. The number of hydrogen-bond donors (Lipinski definition) is 1. The lowest BCUT2D eigenvalue weighted by atomic mass is 10.1. The molecule has 108 valence electrons. The molecule has 1 atom stereocenters. The maximum absolute atomic E-state index is 6.00. The molecular formula is C16H24N4. The third kappa shape index (κ3) is 3.25. The van der Waals surface area contributed by atoms with E-state index < -0.39 is 0 Å². The predicted octanol–water partition coefficient (Wildman–Crippen LogP) is 2.98. The summed E-state index contributed by atoms with van der Waals surface area (Å²) >= 11 is 0. The van der Waals surface area contributed by atoms with Gasteiger partial charge in [0.25, 0.3) is 0 Å². The molecule has 2 heterocycles. The third-order valence-electron chi connectivity index (χ3n) is 3.55. The molecule has 0 fully saturated rings. The van der Waals surface area contributed by atoms with Gasteiger partial charge in [-0.2, -0.15) is 5.10 Å². The molecule has 0 saturated carbocycles. The first-order valence-corrected chi connectivity index (χ1v) is 7.28. The van der Waals surface area contributed by atoms with Crippen LogP contribution in [-0.4, -0.2) is 20.8 Å². The van der Waals surface area contributed by atoms with E-state index in [0.717, 1.165) is 29.9 Å². The molecule has 0 spiro atoms. The first-order valence-electron chi connectivity index (χ1n) is 7.28. The van der Waals surface area contributed by atoms with Gasteiger partial charge in [0.2, 0.25) is 0 Å². The number of rotatable bonds is 5. The standard InChI is InChI=1S/C16H24N4/c1-5-14(17)9-13-8-12(4)16(18-10-13)20-7-6-15(19-20)11(2)3/h6-8,10-11,14H,5,9,17H2,1-4H3. The Labute approximate surface area is 121 Å². The molecule has 0 aliphatic heterocycles. The van der Waals surface area contributed by atoms with E-state index in [9.17, 15) is 0 Å². The fraction of sp³-hybridized carbons (Fsp3) is 0.500. The minimum atomic E-state index is 0.208. The highest BCUT2D eigenvalue weighted by molar-refractivity contribution is 5.35. The van der Waals surface area contributed by atoms with Crippen molar-refractivity contribution >= 4 is 0 Å². The Kier molecular flexibility index (Phi) is 4.55. The van der Waals surface area contributed by atoms with Gasteiger partial charge < -0.3 is 5.73 Å². The summed E-state index contributed by atoms with van der Waals surface area (Å²) in [6.45, 7) is 8.46. The zero-order chi connectivity index (χ0) is 14.7. The van der Waals surface area contributed by atoms with Crippen LogP contribution in [-0.2, 0) is 6.42 Å². The second-order valence-electron chi connectivity index (χ2n) is 5.70. The van der Waals surface area contributed by atoms with Crippen molar-refractivity contribution in [2.24, 2.45) is 5.73 Å². The first-order chi connectivity index (χ1) is 9.51. The number of nitrogens with zero attached hydrogens (tertiary/aromatic N) is 3. The molecule has 0 radical (unpaired) electrons. The Hall–Kier alpha value is -1.68. The van der Waals surface area contributed by atoms with Gasteiger partial charge in [0.05, 0.1) is 5.69 Å². The molecule has 2 N–H and O–H groups in total. The van der Waals surface area contributed by atoms with Crippen molar-refractivity contribution in [2.45, 2.75) is 52.5 Å². The highest BCUT2D eigenvalue weighted by Gasteiger charge is 2.09. The lowest BCUT2D eigenvalue weighted by molar-refractivity contribution is 0.644. The van der Waals surface area contributed by atoms with Crippen molar-refractivity contribution in [1.29, 1.82) is 0 Å². The Morgan fingerprint density at radius 2 is 2.10 bits per heavy atom. The van der Waals surface area contributed by atoms with Gasteiger partial charge in [-0.3, -0.25) is 0 Å². The van der Waals surface area contributed by atoms with E-state index in [2.05, 4.69) is 43.8 Å². The Balaban J connectivity index is 2.24. The predicted molar refractivity (Wildman–Crippen MR) is 82.2 cm³/mol. The number of aryl methyl sites for hydroxylation is 1. The molecule has 2 rings (SSSR count). The van der Waals surface area contributed by atoms with Gasteiger partial charge in [0.1, 0.15) is 0 Å². The SMILES string of the molecule is CCC(N)Cc1cnc(-n2ccc(C(C)C)n2)c(C)c1. The Morgan fingerprint density at radius 1 is 1.35 bits per heavy atom. The van der Waals surface area contributed by atoms with Crippen molar-refractivity contribution in [3.05, 3.63) is 41.3 Å². The molecule has 4 nitrogen and oxygen atoms in total. The maximum Gasteiger partial charge on any atom is 0.156 e. The Bertz CT molecular complexity index is 572. The quantitative estimate of drug-likeness (QED) is 0.910. The van der Waals surface area contributed by atoms with E-state index in [1.165, 1.54) is 5.56 Å². The van der Waals surface area contributed by atoms with Crippen molar-refractivity contribution in [1.82, 2.24) is 14.8 Å². The topological polar surface area (TPSA) is 56.7 Å². The average molecular weight is 272 g/mol. The summed E-state index contributed by atoms with van der Waals surface area (Å²) in [5.41, 5.74) is 9.40. The van der Waals surface area contributed by atoms with Gasteiger partial charge in [0, 0.05) is 18.4 Å². The summed E-state index contributed by atoms with van der Waals surface area (Å²) in [5.74, 6) is 1.32. The van der Waals surface area contributed by atoms with Crippen LogP contribution in [0.2, 0.25) is 0 Å². The van der Waals surface area contributed by atoms with E-state index in [1.807, 2.05) is 23.1 Å². The molecule has 1 unspecified atom stereocenters. The fourth-order valence-corrected chi connectivity index (χ4v) is 2.19. The van der Waals surface area contributed by atoms with Crippen molar-refractivity contribution in [2.75, 3.05) is 0 Å². The highest BCUT2D eigenvalue weighted by atomic mass is 15.3. The van der Waals surface area contributed by atoms with E-state index in [4.69, 9.17) is 5.73 Å². The van der Waals surface area contributed by atoms with Crippen molar-refractivity contribution < 1.29 is 0 Å². The lowest BCUT2D eigenvalue weighted by Gasteiger charge is -2.11.